The van der Waals surface area contributed by atoms with Gasteiger partial charge in [-0.3, -0.25) is 9.59 Å². The topological polar surface area (TPSA) is 34.1 Å². The molecule has 0 aromatic heterocycles. The van der Waals surface area contributed by atoms with Gasteiger partial charge in [0.1, 0.15) is 18.0 Å². The minimum atomic E-state index is -4.51. The Balaban J connectivity index is 3.96. The van der Waals surface area contributed by atoms with Crippen LogP contribution in [0.3, 0.4) is 0 Å². The molecule has 0 bridgehead atoms. The Morgan fingerprint density at radius 1 is 1.23 bits per heavy atom. The molecule has 0 aliphatic carbocycles. The van der Waals surface area contributed by atoms with Crippen LogP contribution in [0.5, 0.6) is 0 Å². The minimum Gasteiger partial charge on any atom is -0.299 e. The van der Waals surface area contributed by atoms with E-state index >= 15 is 0 Å². The molecule has 0 unspecified atom stereocenters. The first-order valence-electron chi connectivity index (χ1n) is 3.83. The molecule has 0 radical (unpaired) electrons. The Bertz CT molecular complexity index is 206. The second-order valence-corrected chi connectivity index (χ2v) is 3.13. The predicted molar refractivity (Wildman–Crippen MR) is 40.1 cm³/mol. The molecule has 0 fully saturated rings. The van der Waals surface area contributed by atoms with Crippen molar-refractivity contribution in [2.45, 2.75) is 32.9 Å². The van der Waals surface area contributed by atoms with Crippen LogP contribution in [-0.2, 0) is 9.59 Å². The Morgan fingerprint density at radius 2 is 1.69 bits per heavy atom. The van der Waals surface area contributed by atoms with Crippen molar-refractivity contribution in [2.24, 2.45) is 5.92 Å². The summed E-state index contributed by atoms with van der Waals surface area (Å²) in [6.07, 6.45) is -6.63. The van der Waals surface area contributed by atoms with Crippen LogP contribution in [0, 0.1) is 5.92 Å². The number of rotatable bonds is 4. The van der Waals surface area contributed by atoms with Gasteiger partial charge < -0.3 is 0 Å². The molecular weight excluding hydrogens is 185 g/mol. The summed E-state index contributed by atoms with van der Waals surface area (Å²) in [5.74, 6) is -1.90. The number of alkyl halides is 3. The van der Waals surface area contributed by atoms with Crippen molar-refractivity contribution in [1.29, 1.82) is 0 Å². The van der Waals surface area contributed by atoms with E-state index in [2.05, 4.69) is 0 Å². The first-order chi connectivity index (χ1) is 5.72. The molecule has 0 saturated carbocycles. The summed E-state index contributed by atoms with van der Waals surface area (Å²) in [6.45, 7) is 3.09. The van der Waals surface area contributed by atoms with Gasteiger partial charge >= 0.3 is 6.18 Å². The van der Waals surface area contributed by atoms with Crippen LogP contribution >= 0.6 is 0 Å². The molecule has 0 aromatic carbocycles. The Labute approximate surface area is 74.1 Å². The highest BCUT2D eigenvalue weighted by molar-refractivity contribution is 6.00. The van der Waals surface area contributed by atoms with Gasteiger partial charge in [-0.1, -0.05) is 13.8 Å². The van der Waals surface area contributed by atoms with Crippen molar-refractivity contribution >= 4 is 11.6 Å². The third-order valence-corrected chi connectivity index (χ3v) is 1.41. The molecule has 0 aliphatic rings. The van der Waals surface area contributed by atoms with Crippen molar-refractivity contribution < 1.29 is 22.8 Å². The van der Waals surface area contributed by atoms with Gasteiger partial charge in [-0.15, -0.1) is 0 Å². The van der Waals surface area contributed by atoms with Gasteiger partial charge in [-0.25, -0.2) is 0 Å². The first kappa shape index (κ1) is 12.1. The molecule has 0 aliphatic heterocycles. The molecule has 0 rings (SSSR count). The van der Waals surface area contributed by atoms with Crippen LogP contribution in [0.15, 0.2) is 0 Å². The van der Waals surface area contributed by atoms with Crippen molar-refractivity contribution in [1.82, 2.24) is 0 Å². The number of hydrogen-bond donors (Lipinski definition) is 0. The summed E-state index contributed by atoms with van der Waals surface area (Å²) >= 11 is 0. The lowest BCUT2D eigenvalue weighted by atomic mass is 10.0. The van der Waals surface area contributed by atoms with E-state index in [0.29, 0.717) is 0 Å². The monoisotopic (exact) mass is 196 g/mol. The fourth-order valence-electron chi connectivity index (χ4n) is 0.685. The average molecular weight is 196 g/mol. The van der Waals surface area contributed by atoms with Gasteiger partial charge in [0.25, 0.3) is 0 Å². The maximum Gasteiger partial charge on any atom is 0.395 e. The second-order valence-electron chi connectivity index (χ2n) is 3.13. The summed E-state index contributed by atoms with van der Waals surface area (Å²) in [7, 11) is 0. The maximum absolute atomic E-state index is 11.6. The van der Waals surface area contributed by atoms with E-state index in [0.717, 1.165) is 0 Å². The van der Waals surface area contributed by atoms with Crippen LogP contribution < -0.4 is 0 Å². The van der Waals surface area contributed by atoms with Gasteiger partial charge in [0.15, 0.2) is 0 Å². The predicted octanol–water partition coefficient (Wildman–Crippen LogP) is 2.12. The molecule has 0 amide bonds. The largest absolute Gasteiger partial charge is 0.395 e. The molecule has 13 heavy (non-hydrogen) atoms. The van der Waals surface area contributed by atoms with Gasteiger partial charge in [-0.05, 0) is 0 Å². The Morgan fingerprint density at radius 3 is 2.00 bits per heavy atom. The number of carbonyl (C=O) groups excluding carboxylic acids is 2. The van der Waals surface area contributed by atoms with E-state index in [1.54, 1.807) is 13.8 Å². The highest BCUT2D eigenvalue weighted by Crippen LogP contribution is 2.20. The smallest absolute Gasteiger partial charge is 0.299 e. The van der Waals surface area contributed by atoms with Gasteiger partial charge in [0.05, 0.1) is 6.42 Å². The third-order valence-electron chi connectivity index (χ3n) is 1.41. The summed E-state index contributed by atoms with van der Waals surface area (Å²) < 4.78 is 34.9. The van der Waals surface area contributed by atoms with Crippen molar-refractivity contribution in [3.63, 3.8) is 0 Å². The molecular formula is C8H11F3O2. The van der Waals surface area contributed by atoms with Crippen molar-refractivity contribution in [2.75, 3.05) is 0 Å². The minimum absolute atomic E-state index is 0.391. The molecule has 0 aromatic rings. The maximum atomic E-state index is 11.6. The molecule has 5 heteroatoms. The Kier molecular flexibility index (Phi) is 4.10. The van der Waals surface area contributed by atoms with Crippen molar-refractivity contribution in [3.8, 4) is 0 Å². The number of halogens is 3. The van der Waals surface area contributed by atoms with E-state index < -0.39 is 36.5 Å². The summed E-state index contributed by atoms with van der Waals surface area (Å²) in [5.41, 5.74) is 0. The zero-order valence-corrected chi connectivity index (χ0v) is 7.44. The zero-order valence-electron chi connectivity index (χ0n) is 7.44. The fraction of sp³-hybridized carbons (Fsp3) is 0.750. The quantitative estimate of drug-likeness (QED) is 0.645. The highest BCUT2D eigenvalue weighted by atomic mass is 19.4. The van der Waals surface area contributed by atoms with Gasteiger partial charge in [0, 0.05) is 5.92 Å². The van der Waals surface area contributed by atoms with Gasteiger partial charge in [0.2, 0.25) is 0 Å². The van der Waals surface area contributed by atoms with E-state index in [1.165, 1.54) is 0 Å². The normalized spacial score (nSPS) is 11.8. The Hall–Kier alpha value is -0.870. The van der Waals surface area contributed by atoms with Crippen LogP contribution in [0.1, 0.15) is 26.7 Å². The number of carbonyl (C=O) groups is 2. The van der Waals surface area contributed by atoms with E-state index in [4.69, 9.17) is 0 Å². The van der Waals surface area contributed by atoms with Crippen molar-refractivity contribution in [3.05, 3.63) is 0 Å². The molecule has 2 nitrogen and oxygen atoms in total. The summed E-state index contributed by atoms with van der Waals surface area (Å²) in [4.78, 5) is 21.5. The van der Waals surface area contributed by atoms with Gasteiger partial charge in [-0.2, -0.15) is 13.2 Å². The number of Topliss-reactive ketones (excluding diaryl/α,β-unsaturated/α-hetero) is 2. The lowest BCUT2D eigenvalue weighted by Gasteiger charge is -2.05. The average Bonchev–Trinajstić information content (AvgIpc) is 1.81. The standard InChI is InChI=1S/C8H11F3O2/c1-5(2)7(13)3-6(12)4-8(9,10)11/h5H,3-4H2,1-2H3. The van der Waals surface area contributed by atoms with E-state index in [1.807, 2.05) is 0 Å². The molecule has 0 heterocycles. The molecule has 76 valence electrons. The zero-order chi connectivity index (χ0) is 10.6. The third kappa shape index (κ3) is 6.31. The van der Waals surface area contributed by atoms with E-state index in [-0.39, 0.29) is 0 Å². The second kappa shape index (κ2) is 4.39. The fourth-order valence-corrected chi connectivity index (χ4v) is 0.685. The SMILES string of the molecule is CC(C)C(=O)CC(=O)CC(F)(F)F. The lowest BCUT2D eigenvalue weighted by Crippen LogP contribution is -2.19. The molecule has 0 atom stereocenters. The molecule has 0 saturated heterocycles. The number of hydrogen-bond acceptors (Lipinski definition) is 2. The van der Waals surface area contributed by atoms with E-state index in [9.17, 15) is 22.8 Å². The summed E-state index contributed by atoms with van der Waals surface area (Å²) in [6, 6.07) is 0. The first-order valence-corrected chi connectivity index (χ1v) is 3.83. The van der Waals surface area contributed by atoms with Crippen LogP contribution in [-0.4, -0.2) is 17.7 Å². The van der Waals surface area contributed by atoms with Crippen LogP contribution in [0.25, 0.3) is 0 Å². The lowest BCUT2D eigenvalue weighted by molar-refractivity contribution is -0.153. The van der Waals surface area contributed by atoms with Crippen LogP contribution in [0.4, 0.5) is 13.2 Å². The highest BCUT2D eigenvalue weighted by Gasteiger charge is 2.31. The number of ketones is 2. The van der Waals surface area contributed by atoms with Crippen LogP contribution in [0.2, 0.25) is 0 Å². The molecule has 0 spiro atoms. The summed E-state index contributed by atoms with van der Waals surface area (Å²) in [5, 5.41) is 0. The molecule has 0 N–H and O–H groups in total.